The van der Waals surface area contributed by atoms with Crippen molar-refractivity contribution in [1.29, 1.82) is 0 Å². The summed E-state index contributed by atoms with van der Waals surface area (Å²) in [5.41, 5.74) is 2.99. The largest absolute Gasteiger partial charge is 0.360 e. The highest BCUT2D eigenvalue weighted by Gasteiger charge is 2.14. The van der Waals surface area contributed by atoms with Crippen LogP contribution < -0.4 is 10.6 Å². The van der Waals surface area contributed by atoms with Crippen molar-refractivity contribution in [2.45, 2.75) is 13.8 Å². The summed E-state index contributed by atoms with van der Waals surface area (Å²) >= 11 is 1.36. The van der Waals surface area contributed by atoms with Gasteiger partial charge in [0.05, 0.1) is 18.8 Å². The molecule has 0 bridgehead atoms. The molecule has 3 aromatic rings. The van der Waals surface area contributed by atoms with E-state index in [-0.39, 0.29) is 24.9 Å². The highest BCUT2D eigenvalue weighted by Crippen LogP contribution is 2.25. The average molecular weight is 399 g/mol. The number of nitrogens with one attached hydrogen (secondary N) is 2. The first-order valence-electron chi connectivity index (χ1n) is 8.63. The van der Waals surface area contributed by atoms with Gasteiger partial charge in [0.2, 0.25) is 11.8 Å². The van der Waals surface area contributed by atoms with Gasteiger partial charge in [-0.3, -0.25) is 14.5 Å². The summed E-state index contributed by atoms with van der Waals surface area (Å²) in [6, 6.07) is 9.66. The minimum absolute atomic E-state index is 0.0474. The SMILES string of the molecule is Cc1ccc(-c2csc(NC(=O)CN(C)CC(=O)Nc3cc(C)on3)n2)cc1. The maximum atomic E-state index is 12.2. The van der Waals surface area contributed by atoms with Crippen LogP contribution in [0.3, 0.4) is 0 Å². The molecule has 0 aliphatic heterocycles. The maximum Gasteiger partial charge on any atom is 0.240 e. The van der Waals surface area contributed by atoms with Gasteiger partial charge in [-0.1, -0.05) is 35.0 Å². The third-order valence-corrected chi connectivity index (χ3v) is 4.58. The van der Waals surface area contributed by atoms with Gasteiger partial charge in [0.1, 0.15) is 5.76 Å². The van der Waals surface area contributed by atoms with Crippen molar-refractivity contribution in [2.75, 3.05) is 30.8 Å². The van der Waals surface area contributed by atoms with Gasteiger partial charge in [-0.05, 0) is 20.9 Å². The first-order chi connectivity index (χ1) is 13.4. The number of rotatable bonds is 7. The molecule has 2 N–H and O–H groups in total. The molecule has 9 heteroatoms. The zero-order chi connectivity index (χ0) is 20.1. The van der Waals surface area contributed by atoms with E-state index in [0.717, 1.165) is 11.3 Å². The standard InChI is InChI=1S/C19H21N5O3S/c1-12-4-6-14(7-5-12)15-11-28-19(20-15)22-18(26)10-24(3)9-17(25)21-16-8-13(2)27-23-16/h4-8,11H,9-10H2,1-3H3,(H,20,22,26)(H,21,23,25). The van der Waals surface area contributed by atoms with Gasteiger partial charge in [0, 0.05) is 17.0 Å². The van der Waals surface area contributed by atoms with Gasteiger partial charge in [-0.2, -0.15) is 0 Å². The number of amides is 2. The van der Waals surface area contributed by atoms with Gasteiger partial charge in [0.15, 0.2) is 10.9 Å². The zero-order valence-electron chi connectivity index (χ0n) is 15.9. The number of hydrogen-bond donors (Lipinski definition) is 2. The molecule has 0 aliphatic carbocycles. The summed E-state index contributed by atoms with van der Waals surface area (Å²) in [4.78, 5) is 30.2. The van der Waals surface area contributed by atoms with Crippen LogP contribution in [-0.4, -0.2) is 47.0 Å². The number of hydrogen-bond acceptors (Lipinski definition) is 7. The highest BCUT2D eigenvalue weighted by atomic mass is 32.1. The lowest BCUT2D eigenvalue weighted by Gasteiger charge is -2.14. The van der Waals surface area contributed by atoms with E-state index in [0.29, 0.717) is 16.7 Å². The van der Waals surface area contributed by atoms with E-state index in [2.05, 4.69) is 20.8 Å². The van der Waals surface area contributed by atoms with Gasteiger partial charge in [-0.15, -0.1) is 11.3 Å². The van der Waals surface area contributed by atoms with Crippen LogP contribution >= 0.6 is 11.3 Å². The van der Waals surface area contributed by atoms with E-state index in [4.69, 9.17) is 4.52 Å². The van der Waals surface area contributed by atoms with E-state index in [1.54, 1.807) is 24.9 Å². The van der Waals surface area contributed by atoms with Crippen LogP contribution in [0.1, 0.15) is 11.3 Å². The minimum Gasteiger partial charge on any atom is -0.360 e. The monoisotopic (exact) mass is 399 g/mol. The third-order valence-electron chi connectivity index (χ3n) is 3.82. The summed E-state index contributed by atoms with van der Waals surface area (Å²) in [6.45, 7) is 3.87. The Labute approximate surface area is 166 Å². The van der Waals surface area contributed by atoms with Gasteiger partial charge >= 0.3 is 0 Å². The van der Waals surface area contributed by atoms with Crippen LogP contribution in [-0.2, 0) is 9.59 Å². The molecule has 0 saturated carbocycles. The Morgan fingerprint density at radius 3 is 2.43 bits per heavy atom. The zero-order valence-corrected chi connectivity index (χ0v) is 16.7. The Bertz CT molecular complexity index is 964. The molecule has 3 rings (SSSR count). The predicted octanol–water partition coefficient (Wildman–Crippen LogP) is 2.92. The number of likely N-dealkylation sites (N-methyl/N-ethyl adjacent to an activating group) is 1. The van der Waals surface area contributed by atoms with Crippen LogP contribution in [0, 0.1) is 13.8 Å². The van der Waals surface area contributed by atoms with Gasteiger partial charge in [0.25, 0.3) is 0 Å². The molecule has 0 saturated heterocycles. The summed E-state index contributed by atoms with van der Waals surface area (Å²) in [7, 11) is 1.69. The Morgan fingerprint density at radius 1 is 1.11 bits per heavy atom. The van der Waals surface area contributed by atoms with Crippen LogP contribution in [0.5, 0.6) is 0 Å². The lowest BCUT2D eigenvalue weighted by atomic mass is 10.1. The van der Waals surface area contributed by atoms with E-state index < -0.39 is 0 Å². The average Bonchev–Trinajstić information content (AvgIpc) is 3.24. The summed E-state index contributed by atoms with van der Waals surface area (Å²) in [6.07, 6.45) is 0. The molecular formula is C19H21N5O3S. The molecule has 0 atom stereocenters. The normalized spacial score (nSPS) is 10.9. The number of aromatic nitrogens is 2. The van der Waals surface area contributed by atoms with Crippen LogP contribution in [0.4, 0.5) is 10.9 Å². The predicted molar refractivity (Wildman–Crippen MR) is 108 cm³/mol. The number of carbonyl (C=O) groups is 2. The maximum absolute atomic E-state index is 12.2. The van der Waals surface area contributed by atoms with Crippen LogP contribution in [0.15, 0.2) is 40.2 Å². The van der Waals surface area contributed by atoms with Crippen molar-refractivity contribution in [1.82, 2.24) is 15.0 Å². The summed E-state index contributed by atoms with van der Waals surface area (Å²) in [5.74, 6) is 0.445. The molecule has 2 amide bonds. The lowest BCUT2D eigenvalue weighted by Crippen LogP contribution is -2.36. The molecule has 146 valence electrons. The molecule has 8 nitrogen and oxygen atoms in total. The van der Waals surface area contributed by atoms with Crippen molar-refractivity contribution < 1.29 is 14.1 Å². The molecule has 0 fully saturated rings. The van der Waals surface area contributed by atoms with Gasteiger partial charge < -0.3 is 15.2 Å². The van der Waals surface area contributed by atoms with Crippen molar-refractivity contribution in [2.24, 2.45) is 0 Å². The second kappa shape index (κ2) is 8.77. The lowest BCUT2D eigenvalue weighted by molar-refractivity contribution is -0.119. The molecule has 2 heterocycles. The first-order valence-corrected chi connectivity index (χ1v) is 9.51. The van der Waals surface area contributed by atoms with E-state index in [9.17, 15) is 9.59 Å². The summed E-state index contributed by atoms with van der Waals surface area (Å²) < 4.78 is 4.89. The Hall–Kier alpha value is -3.04. The molecule has 1 aromatic carbocycles. The fourth-order valence-corrected chi connectivity index (χ4v) is 3.24. The van der Waals surface area contributed by atoms with Crippen molar-refractivity contribution in [3.8, 4) is 11.3 Å². The Balaban J connectivity index is 1.48. The highest BCUT2D eigenvalue weighted by molar-refractivity contribution is 7.14. The van der Waals surface area contributed by atoms with E-state index in [1.165, 1.54) is 16.9 Å². The number of benzene rings is 1. The van der Waals surface area contributed by atoms with Crippen LogP contribution in [0.2, 0.25) is 0 Å². The van der Waals surface area contributed by atoms with Crippen molar-refractivity contribution in [3.63, 3.8) is 0 Å². The quantitative estimate of drug-likeness (QED) is 0.634. The second-order valence-corrected chi connectivity index (χ2v) is 7.35. The minimum atomic E-state index is -0.278. The third kappa shape index (κ3) is 5.48. The second-order valence-electron chi connectivity index (χ2n) is 6.50. The molecule has 0 radical (unpaired) electrons. The first kappa shape index (κ1) is 19.7. The van der Waals surface area contributed by atoms with Crippen molar-refractivity contribution in [3.05, 3.63) is 47.0 Å². The molecular weight excluding hydrogens is 378 g/mol. The smallest absolute Gasteiger partial charge is 0.240 e. The fraction of sp³-hybridized carbons (Fsp3) is 0.263. The van der Waals surface area contributed by atoms with E-state index in [1.807, 2.05) is 36.6 Å². The number of carbonyl (C=O) groups excluding carboxylic acids is 2. The van der Waals surface area contributed by atoms with Crippen LogP contribution in [0.25, 0.3) is 11.3 Å². The molecule has 0 spiro atoms. The molecule has 28 heavy (non-hydrogen) atoms. The fourth-order valence-electron chi connectivity index (χ4n) is 2.50. The van der Waals surface area contributed by atoms with E-state index >= 15 is 0 Å². The molecule has 0 aliphatic rings. The Morgan fingerprint density at radius 2 is 1.79 bits per heavy atom. The van der Waals surface area contributed by atoms with Crippen molar-refractivity contribution >= 4 is 34.1 Å². The number of thiazole rings is 1. The number of aryl methyl sites for hydroxylation is 2. The molecule has 2 aromatic heterocycles. The topological polar surface area (TPSA) is 100 Å². The molecule has 0 unspecified atom stereocenters. The number of anilines is 2. The van der Waals surface area contributed by atoms with Gasteiger partial charge in [-0.25, -0.2) is 4.98 Å². The number of nitrogens with zero attached hydrogens (tertiary/aromatic N) is 3. The Kier molecular flexibility index (Phi) is 6.17. The summed E-state index contributed by atoms with van der Waals surface area (Å²) in [5, 5.41) is 11.5.